The largest absolute Gasteiger partial charge is 0.370 e. The van der Waals surface area contributed by atoms with Crippen molar-refractivity contribution in [1.82, 2.24) is 5.32 Å². The topological polar surface area (TPSA) is 15.3 Å². The molecule has 1 aromatic rings. The number of nitrogens with zero attached hydrogens (tertiary/aromatic N) is 1. The van der Waals surface area contributed by atoms with Gasteiger partial charge in [0.2, 0.25) is 0 Å². The van der Waals surface area contributed by atoms with Crippen LogP contribution < -0.4 is 10.2 Å². The Kier molecular flexibility index (Phi) is 3.30. The van der Waals surface area contributed by atoms with E-state index in [2.05, 4.69) is 61.0 Å². The minimum Gasteiger partial charge on any atom is -0.370 e. The fraction of sp³-hybridized carbons (Fsp3) is 0.429. The quantitative estimate of drug-likeness (QED) is 0.761. The van der Waals surface area contributed by atoms with Gasteiger partial charge in [0.05, 0.1) is 0 Å². The van der Waals surface area contributed by atoms with Crippen LogP contribution in [0.5, 0.6) is 0 Å². The second-order valence-corrected chi connectivity index (χ2v) is 4.60. The van der Waals surface area contributed by atoms with Crippen molar-refractivity contribution in [1.29, 1.82) is 0 Å². The summed E-state index contributed by atoms with van der Waals surface area (Å²) < 4.78 is 0. The Morgan fingerprint density at radius 2 is 1.75 bits per heavy atom. The van der Waals surface area contributed by atoms with Crippen molar-refractivity contribution in [3.05, 3.63) is 42.5 Å². The van der Waals surface area contributed by atoms with E-state index in [9.17, 15) is 0 Å². The molecule has 0 saturated carbocycles. The third kappa shape index (κ3) is 2.45. The fourth-order valence-corrected chi connectivity index (χ4v) is 2.33. The van der Waals surface area contributed by atoms with Gasteiger partial charge in [-0.3, -0.25) is 0 Å². The molecule has 0 radical (unpaired) electrons. The van der Waals surface area contributed by atoms with Crippen LogP contribution in [-0.4, -0.2) is 25.2 Å². The molecule has 1 saturated heterocycles. The van der Waals surface area contributed by atoms with E-state index in [0.717, 1.165) is 18.7 Å². The molecule has 2 rings (SSSR count). The standard InChI is InChI=1S/C14H19N2/c1-4-13-5-7-14(8-6-13)16-9-11(2)15-12(3)10-16/h5-8,11-12,15H,1,9-10H2,2-3H3/q-1. The lowest BCUT2D eigenvalue weighted by atomic mass is 10.1. The van der Waals surface area contributed by atoms with E-state index in [4.69, 9.17) is 0 Å². The molecular formula is C14H19N2-. The van der Waals surface area contributed by atoms with Crippen LogP contribution >= 0.6 is 0 Å². The first-order chi connectivity index (χ1) is 7.69. The van der Waals surface area contributed by atoms with Crippen molar-refractivity contribution in [2.75, 3.05) is 18.0 Å². The third-order valence-electron chi connectivity index (χ3n) is 2.99. The zero-order chi connectivity index (χ0) is 11.5. The molecule has 1 aliphatic rings. The molecule has 1 aliphatic heterocycles. The van der Waals surface area contributed by atoms with Crippen LogP contribution in [0.2, 0.25) is 0 Å². The van der Waals surface area contributed by atoms with Crippen molar-refractivity contribution < 1.29 is 0 Å². The smallest absolute Gasteiger partial charge is 0.0329 e. The Hall–Kier alpha value is -1.28. The highest BCUT2D eigenvalue weighted by Crippen LogP contribution is 2.18. The lowest BCUT2D eigenvalue weighted by Crippen LogP contribution is -2.54. The molecule has 1 heterocycles. The Labute approximate surface area is 98.0 Å². The molecule has 0 bridgehead atoms. The van der Waals surface area contributed by atoms with Gasteiger partial charge < -0.3 is 10.2 Å². The maximum Gasteiger partial charge on any atom is 0.0329 e. The van der Waals surface area contributed by atoms with Gasteiger partial charge in [0.25, 0.3) is 0 Å². The van der Waals surface area contributed by atoms with Crippen molar-refractivity contribution >= 4 is 5.69 Å². The summed E-state index contributed by atoms with van der Waals surface area (Å²) in [5.41, 5.74) is 2.35. The molecular weight excluding hydrogens is 196 g/mol. The maximum absolute atomic E-state index is 3.65. The maximum atomic E-state index is 3.65. The Balaban J connectivity index is 2.13. The van der Waals surface area contributed by atoms with E-state index in [0.29, 0.717) is 12.1 Å². The normalized spacial score (nSPS) is 25.5. The van der Waals surface area contributed by atoms with Gasteiger partial charge in [-0.2, -0.15) is 30.4 Å². The lowest BCUT2D eigenvalue weighted by molar-refractivity contribution is 0.407. The van der Waals surface area contributed by atoms with Gasteiger partial charge in [0.1, 0.15) is 0 Å². The summed E-state index contributed by atoms with van der Waals surface area (Å²) in [7, 11) is 0. The van der Waals surface area contributed by atoms with E-state index in [-0.39, 0.29) is 0 Å². The van der Waals surface area contributed by atoms with Crippen LogP contribution in [-0.2, 0) is 0 Å². The SMILES string of the molecule is C=[C-]c1ccc(N2CC(C)NC(C)C2)cc1. The first kappa shape index (κ1) is 11.2. The van der Waals surface area contributed by atoms with Crippen LogP contribution in [0.4, 0.5) is 5.69 Å². The highest BCUT2D eigenvalue weighted by atomic mass is 15.2. The zero-order valence-electron chi connectivity index (χ0n) is 10.0. The van der Waals surface area contributed by atoms with Crippen molar-refractivity contribution in [3.63, 3.8) is 0 Å². The van der Waals surface area contributed by atoms with E-state index in [1.807, 2.05) is 0 Å². The highest BCUT2D eigenvalue weighted by Gasteiger charge is 2.20. The first-order valence-corrected chi connectivity index (χ1v) is 5.83. The summed E-state index contributed by atoms with van der Waals surface area (Å²) in [4.78, 5) is 2.43. The number of anilines is 1. The van der Waals surface area contributed by atoms with Gasteiger partial charge in [-0.1, -0.05) is 12.1 Å². The molecule has 86 valence electrons. The summed E-state index contributed by atoms with van der Waals surface area (Å²) in [6.45, 7) is 10.3. The Morgan fingerprint density at radius 3 is 2.25 bits per heavy atom. The summed E-state index contributed by atoms with van der Waals surface area (Å²) in [6.07, 6.45) is 2.89. The van der Waals surface area contributed by atoms with E-state index < -0.39 is 0 Å². The van der Waals surface area contributed by atoms with Gasteiger partial charge >= 0.3 is 0 Å². The van der Waals surface area contributed by atoms with E-state index >= 15 is 0 Å². The number of rotatable bonds is 2. The summed E-state index contributed by atoms with van der Waals surface area (Å²) >= 11 is 0. The molecule has 0 amide bonds. The number of piperazine rings is 1. The molecule has 2 atom stereocenters. The highest BCUT2D eigenvalue weighted by molar-refractivity contribution is 5.49. The van der Waals surface area contributed by atoms with Crippen LogP contribution in [0.3, 0.4) is 0 Å². The first-order valence-electron chi connectivity index (χ1n) is 5.83. The predicted octanol–water partition coefficient (Wildman–Crippen LogP) is 2.21. The molecule has 0 spiro atoms. The zero-order valence-corrected chi connectivity index (χ0v) is 10.0. The third-order valence-corrected chi connectivity index (χ3v) is 2.99. The summed E-state index contributed by atoms with van der Waals surface area (Å²) in [6, 6.07) is 9.54. The second-order valence-electron chi connectivity index (χ2n) is 4.60. The van der Waals surface area contributed by atoms with Gasteiger partial charge in [-0.15, -0.1) is 0 Å². The molecule has 2 nitrogen and oxygen atoms in total. The molecule has 1 fully saturated rings. The molecule has 1 aromatic carbocycles. The monoisotopic (exact) mass is 215 g/mol. The van der Waals surface area contributed by atoms with Gasteiger partial charge in [0.15, 0.2) is 0 Å². The van der Waals surface area contributed by atoms with E-state index in [1.165, 1.54) is 5.69 Å². The number of hydrogen-bond acceptors (Lipinski definition) is 2. The van der Waals surface area contributed by atoms with Crippen LogP contribution in [0.1, 0.15) is 19.4 Å². The summed E-state index contributed by atoms with van der Waals surface area (Å²) in [5, 5.41) is 3.54. The number of hydrogen-bond donors (Lipinski definition) is 1. The van der Waals surface area contributed by atoms with Crippen molar-refractivity contribution in [2.24, 2.45) is 0 Å². The average Bonchev–Trinajstić information content (AvgIpc) is 2.28. The Morgan fingerprint density at radius 1 is 1.19 bits per heavy atom. The van der Waals surface area contributed by atoms with Gasteiger partial charge in [0, 0.05) is 30.9 Å². The molecule has 16 heavy (non-hydrogen) atoms. The van der Waals surface area contributed by atoms with Gasteiger partial charge in [-0.25, -0.2) is 0 Å². The second kappa shape index (κ2) is 4.71. The van der Waals surface area contributed by atoms with Crippen LogP contribution in [0, 0.1) is 6.08 Å². The van der Waals surface area contributed by atoms with Crippen LogP contribution in [0.15, 0.2) is 30.8 Å². The fourth-order valence-electron chi connectivity index (χ4n) is 2.33. The van der Waals surface area contributed by atoms with Gasteiger partial charge in [-0.05, 0) is 13.8 Å². The summed E-state index contributed by atoms with van der Waals surface area (Å²) in [5.74, 6) is 0. The molecule has 2 unspecified atom stereocenters. The Bertz CT molecular complexity index is 346. The predicted molar refractivity (Wildman–Crippen MR) is 68.7 cm³/mol. The van der Waals surface area contributed by atoms with Crippen molar-refractivity contribution in [2.45, 2.75) is 25.9 Å². The molecule has 0 aromatic heterocycles. The number of nitrogens with one attached hydrogen (secondary N) is 1. The van der Waals surface area contributed by atoms with E-state index in [1.54, 1.807) is 0 Å². The van der Waals surface area contributed by atoms with Crippen molar-refractivity contribution in [3.8, 4) is 0 Å². The van der Waals surface area contributed by atoms with Crippen LogP contribution in [0.25, 0.3) is 0 Å². The average molecular weight is 215 g/mol. The lowest BCUT2D eigenvalue weighted by Gasteiger charge is -2.38. The molecule has 1 N–H and O–H groups in total. The molecule has 0 aliphatic carbocycles. The minimum absolute atomic E-state index is 0.550. The number of benzene rings is 1. The minimum atomic E-state index is 0.550. The molecule has 2 heteroatoms.